The van der Waals surface area contributed by atoms with E-state index in [0.29, 0.717) is 18.2 Å². The molecule has 0 aliphatic rings. The van der Waals surface area contributed by atoms with Crippen molar-refractivity contribution < 1.29 is 22.0 Å². The van der Waals surface area contributed by atoms with E-state index in [4.69, 9.17) is 0 Å². The normalized spacial score (nSPS) is 10.6. The van der Waals surface area contributed by atoms with Crippen LogP contribution in [-0.4, -0.2) is 0 Å². The van der Waals surface area contributed by atoms with Gasteiger partial charge in [-0.15, -0.1) is 0 Å². The molecule has 2 aromatic rings. The van der Waals surface area contributed by atoms with Crippen LogP contribution in [0.2, 0.25) is 0 Å². The van der Waals surface area contributed by atoms with Crippen molar-refractivity contribution in [3.8, 4) is 0 Å². The largest absolute Gasteiger partial charge is 0.376 e. The summed E-state index contributed by atoms with van der Waals surface area (Å²) in [5.41, 5.74) is -0.383. The lowest BCUT2D eigenvalue weighted by molar-refractivity contribution is 0.547. The Hall–Kier alpha value is -2.11. The van der Waals surface area contributed by atoms with Gasteiger partial charge in [0, 0.05) is 24.7 Å². The van der Waals surface area contributed by atoms with Crippen LogP contribution in [0.1, 0.15) is 5.56 Å². The van der Waals surface area contributed by atoms with Gasteiger partial charge >= 0.3 is 0 Å². The molecule has 0 atom stereocenters. The van der Waals surface area contributed by atoms with E-state index in [0.717, 1.165) is 12.1 Å². The molecule has 0 aromatic heterocycles. The molecular weight excluding hydrogens is 265 g/mol. The minimum Gasteiger partial charge on any atom is -0.376 e. The molecule has 0 unspecified atom stereocenters. The average molecular weight is 273 g/mol. The molecule has 19 heavy (non-hydrogen) atoms. The fourth-order valence-corrected chi connectivity index (χ4v) is 1.61. The van der Waals surface area contributed by atoms with E-state index >= 15 is 0 Å². The summed E-state index contributed by atoms with van der Waals surface area (Å²) in [5.74, 6) is -4.87. The Labute approximate surface area is 105 Å². The van der Waals surface area contributed by atoms with Crippen LogP contribution in [0.25, 0.3) is 0 Å². The number of anilines is 1. The number of halogens is 5. The maximum atomic E-state index is 13.3. The standard InChI is InChI=1S/C13H8F5N/c14-8-1-7(2-9(15)3-8)6-19-13-11(17)4-10(16)5-12(13)18/h1-5,19H,6H2. The first kappa shape index (κ1) is 13.3. The zero-order chi connectivity index (χ0) is 14.0. The predicted octanol–water partition coefficient (Wildman–Crippen LogP) is 3.99. The van der Waals surface area contributed by atoms with Crippen molar-refractivity contribution in [3.63, 3.8) is 0 Å². The van der Waals surface area contributed by atoms with E-state index in [-0.39, 0.29) is 12.1 Å². The lowest BCUT2D eigenvalue weighted by Gasteiger charge is -2.09. The van der Waals surface area contributed by atoms with E-state index in [1.54, 1.807) is 0 Å². The molecule has 0 heterocycles. The van der Waals surface area contributed by atoms with E-state index in [2.05, 4.69) is 5.32 Å². The van der Waals surface area contributed by atoms with Crippen LogP contribution in [0, 0.1) is 29.1 Å². The highest BCUT2D eigenvalue weighted by molar-refractivity contribution is 5.46. The Morgan fingerprint density at radius 1 is 0.684 bits per heavy atom. The Morgan fingerprint density at radius 2 is 1.16 bits per heavy atom. The quantitative estimate of drug-likeness (QED) is 0.834. The summed E-state index contributed by atoms with van der Waals surface area (Å²) >= 11 is 0. The lowest BCUT2D eigenvalue weighted by atomic mass is 10.2. The van der Waals surface area contributed by atoms with Gasteiger partial charge < -0.3 is 5.32 Å². The second-order valence-electron chi connectivity index (χ2n) is 3.88. The zero-order valence-corrected chi connectivity index (χ0v) is 9.48. The molecule has 1 nitrogen and oxygen atoms in total. The molecule has 0 fully saturated rings. The summed E-state index contributed by atoms with van der Waals surface area (Å²) in [5, 5.41) is 2.33. The van der Waals surface area contributed by atoms with E-state index in [1.165, 1.54) is 0 Å². The van der Waals surface area contributed by atoms with Gasteiger partial charge in [0.2, 0.25) is 0 Å². The Bertz CT molecular complexity index is 569. The molecule has 0 radical (unpaired) electrons. The van der Waals surface area contributed by atoms with Crippen LogP contribution in [0.4, 0.5) is 27.6 Å². The summed E-state index contributed by atoms with van der Waals surface area (Å²) in [6, 6.07) is 3.75. The zero-order valence-electron chi connectivity index (χ0n) is 9.48. The number of hydrogen-bond donors (Lipinski definition) is 1. The van der Waals surface area contributed by atoms with Gasteiger partial charge in [0.25, 0.3) is 0 Å². The van der Waals surface area contributed by atoms with Crippen molar-refractivity contribution in [3.05, 3.63) is 65.0 Å². The SMILES string of the molecule is Fc1cc(F)cc(CNc2c(F)cc(F)cc2F)c1. The first-order valence-electron chi connectivity index (χ1n) is 5.29. The fourth-order valence-electron chi connectivity index (χ4n) is 1.61. The van der Waals surface area contributed by atoms with Crippen LogP contribution in [0.5, 0.6) is 0 Å². The number of rotatable bonds is 3. The van der Waals surface area contributed by atoms with Crippen molar-refractivity contribution in [2.45, 2.75) is 6.54 Å². The molecule has 0 saturated heterocycles. The summed E-state index contributed by atoms with van der Waals surface area (Å²) < 4.78 is 65.0. The molecule has 0 saturated carbocycles. The fraction of sp³-hybridized carbons (Fsp3) is 0.0769. The third kappa shape index (κ3) is 3.21. The minimum atomic E-state index is -1.12. The van der Waals surface area contributed by atoms with Crippen molar-refractivity contribution in [2.75, 3.05) is 5.32 Å². The lowest BCUT2D eigenvalue weighted by Crippen LogP contribution is -2.05. The van der Waals surface area contributed by atoms with Crippen molar-refractivity contribution >= 4 is 5.69 Å². The monoisotopic (exact) mass is 273 g/mol. The van der Waals surface area contributed by atoms with Crippen LogP contribution in [0.3, 0.4) is 0 Å². The molecular formula is C13H8F5N. The molecule has 2 rings (SSSR count). The Balaban J connectivity index is 2.19. The molecule has 0 aliphatic carbocycles. The summed E-state index contributed by atoms with van der Waals surface area (Å²) in [4.78, 5) is 0. The second-order valence-corrected chi connectivity index (χ2v) is 3.88. The smallest absolute Gasteiger partial charge is 0.152 e. The molecule has 1 N–H and O–H groups in total. The molecule has 0 spiro atoms. The average Bonchev–Trinajstić information content (AvgIpc) is 2.25. The topological polar surface area (TPSA) is 12.0 Å². The number of nitrogens with one attached hydrogen (secondary N) is 1. The van der Waals surface area contributed by atoms with Crippen LogP contribution in [0.15, 0.2) is 30.3 Å². The highest BCUT2D eigenvalue weighted by Gasteiger charge is 2.11. The minimum absolute atomic E-state index is 0.167. The van der Waals surface area contributed by atoms with E-state index < -0.39 is 34.8 Å². The van der Waals surface area contributed by atoms with Crippen molar-refractivity contribution in [1.29, 1.82) is 0 Å². The van der Waals surface area contributed by atoms with E-state index in [1.807, 2.05) is 0 Å². The van der Waals surface area contributed by atoms with E-state index in [9.17, 15) is 22.0 Å². The molecule has 2 aromatic carbocycles. The van der Waals surface area contributed by atoms with Crippen molar-refractivity contribution in [1.82, 2.24) is 0 Å². The highest BCUT2D eigenvalue weighted by atomic mass is 19.2. The maximum Gasteiger partial charge on any atom is 0.152 e. The predicted molar refractivity (Wildman–Crippen MR) is 60.0 cm³/mol. The molecule has 0 aliphatic heterocycles. The molecule has 100 valence electrons. The maximum absolute atomic E-state index is 13.3. The molecule has 6 heteroatoms. The third-order valence-corrected chi connectivity index (χ3v) is 2.40. The highest BCUT2D eigenvalue weighted by Crippen LogP contribution is 2.21. The van der Waals surface area contributed by atoms with Crippen LogP contribution >= 0.6 is 0 Å². The Morgan fingerprint density at radius 3 is 1.68 bits per heavy atom. The summed E-state index contributed by atoms with van der Waals surface area (Å²) in [6.07, 6.45) is 0. The van der Waals surface area contributed by atoms with Gasteiger partial charge in [0.15, 0.2) is 11.6 Å². The summed E-state index contributed by atoms with van der Waals surface area (Å²) in [6.45, 7) is -0.200. The molecule has 0 bridgehead atoms. The van der Waals surface area contributed by atoms with Gasteiger partial charge in [-0.05, 0) is 17.7 Å². The van der Waals surface area contributed by atoms with Gasteiger partial charge in [-0.2, -0.15) is 0 Å². The van der Waals surface area contributed by atoms with Crippen LogP contribution < -0.4 is 5.32 Å². The summed E-state index contributed by atoms with van der Waals surface area (Å²) in [7, 11) is 0. The first-order valence-corrected chi connectivity index (χ1v) is 5.29. The van der Waals surface area contributed by atoms with Gasteiger partial charge in [-0.3, -0.25) is 0 Å². The number of benzene rings is 2. The first-order chi connectivity index (χ1) is 8.95. The van der Waals surface area contributed by atoms with Crippen molar-refractivity contribution in [2.24, 2.45) is 0 Å². The second kappa shape index (κ2) is 5.26. The van der Waals surface area contributed by atoms with Crippen LogP contribution in [-0.2, 0) is 6.54 Å². The van der Waals surface area contributed by atoms with Gasteiger partial charge in [-0.25, -0.2) is 22.0 Å². The van der Waals surface area contributed by atoms with Gasteiger partial charge in [0.1, 0.15) is 23.1 Å². The third-order valence-electron chi connectivity index (χ3n) is 2.40. The van der Waals surface area contributed by atoms with Gasteiger partial charge in [0.05, 0.1) is 0 Å². The number of hydrogen-bond acceptors (Lipinski definition) is 1. The molecule has 0 amide bonds. The van der Waals surface area contributed by atoms with Gasteiger partial charge in [-0.1, -0.05) is 0 Å². The Kier molecular flexibility index (Phi) is 3.69.